The van der Waals surface area contributed by atoms with Crippen LogP contribution >= 0.6 is 33.9 Å². The van der Waals surface area contributed by atoms with E-state index in [0.29, 0.717) is 17.5 Å². The normalized spacial score (nSPS) is 11.3. The van der Waals surface area contributed by atoms with Gasteiger partial charge in [-0.2, -0.15) is 0 Å². The monoisotopic (exact) mass is 619 g/mol. The first-order valence-electron chi connectivity index (χ1n) is 12.1. The molecule has 0 saturated heterocycles. The van der Waals surface area contributed by atoms with Crippen molar-refractivity contribution in [3.63, 3.8) is 0 Å². The molecule has 0 N–H and O–H groups in total. The lowest BCUT2D eigenvalue weighted by Crippen LogP contribution is -2.00. The fraction of sp³-hybridized carbons (Fsp3) is 0. The van der Waals surface area contributed by atoms with E-state index in [2.05, 4.69) is 71.1 Å². The van der Waals surface area contributed by atoms with Crippen molar-refractivity contribution in [3.8, 4) is 45.4 Å². The third-order valence-corrected chi connectivity index (χ3v) is 7.96. The zero-order chi connectivity index (χ0) is 25.5. The predicted octanol–water partition coefficient (Wildman–Crippen LogP) is 8.30. The first-order valence-corrected chi connectivity index (χ1v) is 13.9. The van der Waals surface area contributed by atoms with E-state index in [0.717, 1.165) is 47.4 Å². The molecule has 0 spiro atoms. The van der Waals surface area contributed by atoms with E-state index in [1.807, 2.05) is 60.7 Å². The van der Waals surface area contributed by atoms with Crippen molar-refractivity contribution in [2.75, 3.05) is 0 Å². The molecular weight excluding hydrogens is 601 g/mol. The quantitative estimate of drug-likeness (QED) is 0.147. The van der Waals surface area contributed by atoms with Gasteiger partial charge in [-0.15, -0.1) is 11.3 Å². The van der Waals surface area contributed by atoms with Gasteiger partial charge in [-0.3, -0.25) is 0 Å². The molecule has 0 fully saturated rings. The van der Waals surface area contributed by atoms with E-state index >= 15 is 0 Å². The Hall–Kier alpha value is -4.08. The lowest BCUT2D eigenvalue weighted by Gasteiger charge is -2.09. The molecule has 0 unspecified atom stereocenters. The second-order valence-corrected chi connectivity index (χ2v) is 10.7. The molecule has 0 radical (unpaired) electrons. The fourth-order valence-electron chi connectivity index (χ4n) is 4.47. The average Bonchev–Trinajstić information content (AvgIpc) is 3.36. The summed E-state index contributed by atoms with van der Waals surface area (Å²) in [7, 11) is 0. The number of hydrogen-bond donors (Lipinski definition) is 0. The van der Waals surface area contributed by atoms with Gasteiger partial charge in [0.25, 0.3) is 0 Å². The van der Waals surface area contributed by atoms with Gasteiger partial charge in [0.15, 0.2) is 21.3 Å². The standard InChI is InChI=1S/C31H18IN5S/c32-31-33-25(27-26(34-31)23-13-7-8-14-24(23)38-27)19-15-17-22(18-16-19)30-36-28(20-9-3-1-4-10-20)35-29(37-30)21-11-5-2-6-12-21/h1-18H. The summed E-state index contributed by atoms with van der Waals surface area (Å²) in [5.74, 6) is 1.93. The Kier molecular flexibility index (Phi) is 5.87. The van der Waals surface area contributed by atoms with Crippen molar-refractivity contribution in [2.24, 2.45) is 0 Å². The predicted molar refractivity (Wildman–Crippen MR) is 163 cm³/mol. The lowest BCUT2D eigenvalue weighted by molar-refractivity contribution is 1.07. The molecule has 38 heavy (non-hydrogen) atoms. The number of aromatic nitrogens is 5. The van der Waals surface area contributed by atoms with Crippen LogP contribution < -0.4 is 0 Å². The number of thiophene rings is 1. The number of halogens is 1. The molecule has 7 rings (SSSR count). The summed E-state index contributed by atoms with van der Waals surface area (Å²) in [6, 6.07) is 36.7. The highest BCUT2D eigenvalue weighted by Gasteiger charge is 2.16. The van der Waals surface area contributed by atoms with Gasteiger partial charge in [-0.25, -0.2) is 24.9 Å². The van der Waals surface area contributed by atoms with E-state index in [4.69, 9.17) is 24.9 Å². The van der Waals surface area contributed by atoms with Gasteiger partial charge in [0.1, 0.15) is 0 Å². The van der Waals surface area contributed by atoms with Crippen LogP contribution in [0.2, 0.25) is 0 Å². The number of hydrogen-bond acceptors (Lipinski definition) is 6. The van der Waals surface area contributed by atoms with E-state index < -0.39 is 0 Å². The molecule has 3 aromatic heterocycles. The van der Waals surface area contributed by atoms with Crippen LogP contribution in [0.1, 0.15) is 0 Å². The summed E-state index contributed by atoms with van der Waals surface area (Å²) in [5, 5.41) is 1.16. The zero-order valence-corrected chi connectivity index (χ0v) is 22.9. The Labute approximate surface area is 236 Å². The van der Waals surface area contributed by atoms with E-state index in [1.54, 1.807) is 11.3 Å². The molecule has 0 aliphatic carbocycles. The van der Waals surface area contributed by atoms with E-state index in [9.17, 15) is 0 Å². The van der Waals surface area contributed by atoms with Crippen LogP contribution in [0.3, 0.4) is 0 Å². The first kappa shape index (κ1) is 23.1. The number of fused-ring (bicyclic) bond motifs is 3. The molecule has 0 aliphatic rings. The molecule has 4 aromatic carbocycles. The third kappa shape index (κ3) is 4.23. The van der Waals surface area contributed by atoms with Crippen LogP contribution in [0.4, 0.5) is 0 Å². The molecule has 0 saturated carbocycles. The van der Waals surface area contributed by atoms with Crippen LogP contribution in [0.15, 0.2) is 109 Å². The second kappa shape index (κ2) is 9.66. The highest BCUT2D eigenvalue weighted by Crippen LogP contribution is 2.38. The van der Waals surface area contributed by atoms with Crippen molar-refractivity contribution in [1.82, 2.24) is 24.9 Å². The lowest BCUT2D eigenvalue weighted by atomic mass is 10.1. The maximum Gasteiger partial charge on any atom is 0.191 e. The van der Waals surface area contributed by atoms with Gasteiger partial charge in [0, 0.05) is 54.9 Å². The molecule has 0 bridgehead atoms. The van der Waals surface area contributed by atoms with E-state index in [-0.39, 0.29) is 0 Å². The summed E-state index contributed by atoms with van der Waals surface area (Å²) in [6.07, 6.45) is 0. The molecule has 5 nitrogen and oxygen atoms in total. The summed E-state index contributed by atoms with van der Waals surface area (Å²) in [4.78, 5) is 24.1. The molecule has 0 aliphatic heterocycles. The van der Waals surface area contributed by atoms with Crippen LogP contribution in [-0.2, 0) is 0 Å². The largest absolute Gasteiger partial charge is 0.221 e. The van der Waals surface area contributed by atoms with Gasteiger partial charge in [-0.05, 0) is 6.07 Å². The zero-order valence-electron chi connectivity index (χ0n) is 19.9. The van der Waals surface area contributed by atoms with Gasteiger partial charge >= 0.3 is 0 Å². The molecule has 180 valence electrons. The molecule has 3 heterocycles. The van der Waals surface area contributed by atoms with Crippen molar-refractivity contribution in [2.45, 2.75) is 0 Å². The number of nitrogens with zero attached hydrogens (tertiary/aromatic N) is 5. The van der Waals surface area contributed by atoms with Crippen molar-refractivity contribution in [3.05, 3.63) is 113 Å². The van der Waals surface area contributed by atoms with E-state index in [1.165, 1.54) is 4.70 Å². The Balaban J connectivity index is 1.35. The maximum atomic E-state index is 4.85. The molecule has 7 heteroatoms. The Morgan fingerprint density at radius 2 is 0.974 bits per heavy atom. The smallest absolute Gasteiger partial charge is 0.191 e. The second-order valence-electron chi connectivity index (χ2n) is 8.73. The van der Waals surface area contributed by atoms with Crippen LogP contribution in [-0.4, -0.2) is 24.9 Å². The highest BCUT2D eigenvalue weighted by molar-refractivity contribution is 14.1. The topological polar surface area (TPSA) is 64.5 Å². The van der Waals surface area contributed by atoms with Gasteiger partial charge in [0.05, 0.1) is 15.9 Å². The third-order valence-electron chi connectivity index (χ3n) is 6.31. The minimum Gasteiger partial charge on any atom is -0.221 e. The Morgan fingerprint density at radius 1 is 0.474 bits per heavy atom. The molecular formula is C31H18IN5S. The molecule has 0 amide bonds. The van der Waals surface area contributed by atoms with Gasteiger partial charge in [-0.1, -0.05) is 103 Å². The fourth-order valence-corrected chi connectivity index (χ4v) is 6.11. The SMILES string of the molecule is Ic1nc(-c2ccc(-c3nc(-c4ccccc4)nc(-c4ccccc4)n3)cc2)c2sc3ccccc3c2n1. The maximum absolute atomic E-state index is 4.85. The van der Waals surface area contributed by atoms with Crippen LogP contribution in [0, 0.1) is 3.83 Å². The summed E-state index contributed by atoms with van der Waals surface area (Å²) >= 11 is 3.93. The Morgan fingerprint density at radius 3 is 1.58 bits per heavy atom. The number of rotatable bonds is 4. The summed E-state index contributed by atoms with van der Waals surface area (Å²) < 4.78 is 3.04. The average molecular weight is 619 g/mol. The summed E-state index contributed by atoms with van der Waals surface area (Å²) in [5.41, 5.74) is 5.80. The minimum absolute atomic E-state index is 0.633. The van der Waals surface area contributed by atoms with Crippen molar-refractivity contribution in [1.29, 1.82) is 0 Å². The Bertz CT molecular complexity index is 1860. The van der Waals surface area contributed by atoms with Gasteiger partial charge in [0.2, 0.25) is 0 Å². The minimum atomic E-state index is 0.633. The summed E-state index contributed by atoms with van der Waals surface area (Å²) in [6.45, 7) is 0. The first-order chi connectivity index (χ1) is 18.7. The molecule has 0 atom stereocenters. The highest BCUT2D eigenvalue weighted by atomic mass is 127. The van der Waals surface area contributed by atoms with Gasteiger partial charge < -0.3 is 0 Å². The van der Waals surface area contributed by atoms with Crippen molar-refractivity contribution < 1.29 is 0 Å². The molecule has 7 aromatic rings. The number of benzene rings is 4. The van der Waals surface area contributed by atoms with Crippen LogP contribution in [0.5, 0.6) is 0 Å². The van der Waals surface area contributed by atoms with Crippen LogP contribution in [0.25, 0.3) is 65.7 Å². The van der Waals surface area contributed by atoms with Crippen molar-refractivity contribution >= 4 is 54.2 Å².